The van der Waals surface area contributed by atoms with Gasteiger partial charge in [0.25, 0.3) is 0 Å². The number of ether oxygens (including phenoxy) is 2. The summed E-state index contributed by atoms with van der Waals surface area (Å²) in [5.41, 5.74) is 17.3. The molecule has 1 aliphatic rings. The number of rotatable bonds is 10. The van der Waals surface area contributed by atoms with Crippen molar-refractivity contribution in [3.8, 4) is 5.75 Å². The van der Waals surface area contributed by atoms with Gasteiger partial charge in [-0.25, -0.2) is 9.55 Å². The number of imidazole rings is 1. The number of aliphatic hydroxyl groups is 1. The molecule has 0 saturated carbocycles. The number of fused-ring (bicyclic) bond motifs is 1. The van der Waals surface area contributed by atoms with E-state index in [0.29, 0.717) is 0 Å². The minimum absolute atomic E-state index is 0.0728. The quantitative estimate of drug-likeness (QED) is 0.172. The molecule has 1 fully saturated rings. The first kappa shape index (κ1) is 28.7. The topological polar surface area (TPSA) is 225 Å². The van der Waals surface area contributed by atoms with E-state index in [4.69, 9.17) is 35.7 Å². The minimum Gasteiger partial charge on any atom is -0.462 e. The number of nitrogens with zero attached hydrogens (tertiary/aromatic N) is 4. The maximum Gasteiger partial charge on any atom is 0.459 e. The number of nitrogens with two attached hydrogens (primary N) is 3. The van der Waals surface area contributed by atoms with Crippen molar-refractivity contribution in [2.75, 3.05) is 18.1 Å². The summed E-state index contributed by atoms with van der Waals surface area (Å²) in [5.74, 6) is -0.422. The Kier molecular flexibility index (Phi) is 8.12. The predicted octanol–water partition coefficient (Wildman–Crippen LogP) is 1.10. The van der Waals surface area contributed by atoms with E-state index in [-0.39, 0.29) is 34.8 Å². The maximum absolute atomic E-state index is 13.8. The van der Waals surface area contributed by atoms with Crippen molar-refractivity contribution in [3.63, 3.8) is 0 Å². The second-order valence-electron chi connectivity index (χ2n) is 9.66. The van der Waals surface area contributed by atoms with Gasteiger partial charge in [-0.3, -0.25) is 13.9 Å². The number of carbonyl (C=O) groups excluding carboxylic acids is 1. The zero-order valence-corrected chi connectivity index (χ0v) is 22.8. The number of hydrogen-bond donors (Lipinski definition) is 5. The molecule has 6 atom stereocenters. The van der Waals surface area contributed by atoms with Gasteiger partial charge in [-0.1, -0.05) is 18.2 Å². The molecule has 2 aromatic heterocycles. The summed E-state index contributed by atoms with van der Waals surface area (Å²) in [6.07, 6.45) is -2.32. The average molecular weight is 565 g/mol. The Morgan fingerprint density at radius 2 is 1.95 bits per heavy atom. The first-order valence-corrected chi connectivity index (χ1v) is 13.7. The maximum atomic E-state index is 13.8. The smallest absolute Gasteiger partial charge is 0.459 e. The van der Waals surface area contributed by atoms with Crippen LogP contribution in [-0.2, 0) is 23.4 Å². The highest BCUT2D eigenvalue weighted by Gasteiger charge is 2.53. The molecule has 0 aliphatic carbocycles. The van der Waals surface area contributed by atoms with Crippen molar-refractivity contribution in [1.29, 1.82) is 0 Å². The molecule has 8 N–H and O–H groups in total. The van der Waals surface area contributed by atoms with Crippen LogP contribution in [0.5, 0.6) is 5.75 Å². The number of anilines is 2. The summed E-state index contributed by atoms with van der Waals surface area (Å²) in [5, 5.41) is 13.6. The van der Waals surface area contributed by atoms with Crippen molar-refractivity contribution in [1.82, 2.24) is 24.6 Å². The van der Waals surface area contributed by atoms with Crippen LogP contribution in [0.15, 0.2) is 36.7 Å². The molecule has 4 rings (SSSR count). The predicted molar refractivity (Wildman–Crippen MR) is 141 cm³/mol. The molecule has 212 valence electrons. The molecule has 1 unspecified atom stereocenters. The summed E-state index contributed by atoms with van der Waals surface area (Å²) in [6, 6.07) is 7.23. The lowest BCUT2D eigenvalue weighted by Gasteiger charge is -2.28. The standard InChI is InChI=1S/C23H33N8O7P/c1-12(2)36-20(33)13(3)30-39(34,38-14-8-6-5-7-9-14)35-10-15-17(32)23(4,26)21(37-15)31-11-27-16-18(24)28-22(25)29-19(16)31/h5-9,11-13,15,17,21,32H,10,26H2,1-4H3,(H,30,34)(H4,24,25,28,29)/t13-,15-,17-,21-,23-,39?/m1/s1. The molecule has 0 spiro atoms. The van der Waals surface area contributed by atoms with Gasteiger partial charge in [0, 0.05) is 0 Å². The van der Waals surface area contributed by atoms with Gasteiger partial charge in [0.2, 0.25) is 5.95 Å². The normalized spacial score (nSPS) is 25.5. The van der Waals surface area contributed by atoms with Gasteiger partial charge < -0.3 is 36.3 Å². The first-order valence-electron chi connectivity index (χ1n) is 12.2. The van der Waals surface area contributed by atoms with Gasteiger partial charge in [0.15, 0.2) is 17.7 Å². The van der Waals surface area contributed by atoms with Crippen LogP contribution in [0.25, 0.3) is 11.2 Å². The van der Waals surface area contributed by atoms with Crippen LogP contribution < -0.4 is 26.8 Å². The molecule has 3 heterocycles. The second-order valence-corrected chi connectivity index (χ2v) is 11.4. The van der Waals surface area contributed by atoms with E-state index < -0.39 is 50.3 Å². The summed E-state index contributed by atoms with van der Waals surface area (Å²) in [6.45, 7) is 6.01. The van der Waals surface area contributed by atoms with Crippen LogP contribution in [0.3, 0.4) is 0 Å². The molecule has 0 amide bonds. The molecule has 39 heavy (non-hydrogen) atoms. The molecule has 0 radical (unpaired) electrons. The van der Waals surface area contributed by atoms with E-state index in [9.17, 15) is 14.5 Å². The van der Waals surface area contributed by atoms with E-state index in [1.165, 1.54) is 17.8 Å². The number of nitrogen functional groups attached to an aromatic ring is 2. The summed E-state index contributed by atoms with van der Waals surface area (Å²) < 4.78 is 37.8. The van der Waals surface area contributed by atoms with Crippen LogP contribution in [-0.4, -0.2) is 67.1 Å². The Morgan fingerprint density at radius 1 is 1.26 bits per heavy atom. The van der Waals surface area contributed by atoms with Crippen LogP contribution in [0.4, 0.5) is 11.8 Å². The van der Waals surface area contributed by atoms with Gasteiger partial charge in [-0.15, -0.1) is 0 Å². The van der Waals surface area contributed by atoms with E-state index >= 15 is 0 Å². The van der Waals surface area contributed by atoms with Crippen LogP contribution in [0.2, 0.25) is 0 Å². The molecule has 3 aromatic rings. The minimum atomic E-state index is -4.20. The lowest BCUT2D eigenvalue weighted by Crippen LogP contribution is -2.52. The van der Waals surface area contributed by atoms with Crippen molar-refractivity contribution in [2.45, 2.75) is 63.8 Å². The van der Waals surface area contributed by atoms with Crippen LogP contribution >= 0.6 is 7.75 Å². The molecule has 16 heteroatoms. The Morgan fingerprint density at radius 3 is 2.62 bits per heavy atom. The zero-order valence-electron chi connectivity index (χ0n) is 21.9. The van der Waals surface area contributed by atoms with Gasteiger partial charge in [0.1, 0.15) is 29.5 Å². The lowest BCUT2D eigenvalue weighted by atomic mass is 9.93. The van der Waals surface area contributed by atoms with Gasteiger partial charge >= 0.3 is 13.7 Å². The van der Waals surface area contributed by atoms with E-state index in [2.05, 4.69) is 20.0 Å². The number of aliphatic hydroxyl groups excluding tert-OH is 1. The monoisotopic (exact) mass is 564 g/mol. The Hall–Kier alpha value is -3.33. The number of carbonyl (C=O) groups is 1. The molecule has 0 bridgehead atoms. The third-order valence-corrected chi connectivity index (χ3v) is 7.62. The Bertz CT molecular complexity index is 1370. The molecular formula is C23H33N8O7P. The molecule has 1 aromatic carbocycles. The lowest BCUT2D eigenvalue weighted by molar-refractivity contribution is -0.149. The highest BCUT2D eigenvalue weighted by Crippen LogP contribution is 2.47. The van der Waals surface area contributed by atoms with Crippen LogP contribution in [0, 0.1) is 0 Å². The Balaban J connectivity index is 1.55. The fourth-order valence-electron chi connectivity index (χ4n) is 4.06. The number of aromatic nitrogens is 4. The van der Waals surface area contributed by atoms with Crippen molar-refractivity contribution >= 4 is 36.6 Å². The van der Waals surface area contributed by atoms with E-state index in [1.54, 1.807) is 51.1 Å². The highest BCUT2D eigenvalue weighted by molar-refractivity contribution is 7.52. The summed E-state index contributed by atoms with van der Waals surface area (Å²) in [4.78, 5) is 24.7. The van der Waals surface area contributed by atoms with Crippen molar-refractivity contribution in [2.24, 2.45) is 5.73 Å². The molecule has 15 nitrogen and oxygen atoms in total. The zero-order chi connectivity index (χ0) is 28.5. The third-order valence-electron chi connectivity index (χ3n) is 5.98. The molecule has 1 aliphatic heterocycles. The van der Waals surface area contributed by atoms with Crippen LogP contribution in [0.1, 0.15) is 33.9 Å². The van der Waals surface area contributed by atoms with Crippen molar-refractivity contribution < 1.29 is 33.0 Å². The molecular weight excluding hydrogens is 531 g/mol. The summed E-state index contributed by atoms with van der Waals surface area (Å²) >= 11 is 0. The largest absolute Gasteiger partial charge is 0.462 e. The number of nitrogens with one attached hydrogen (secondary N) is 1. The van der Waals surface area contributed by atoms with E-state index in [0.717, 1.165) is 0 Å². The second kappa shape index (κ2) is 11.0. The van der Waals surface area contributed by atoms with E-state index in [1.807, 2.05) is 0 Å². The van der Waals surface area contributed by atoms with Crippen molar-refractivity contribution in [3.05, 3.63) is 36.7 Å². The fourth-order valence-corrected chi connectivity index (χ4v) is 5.56. The third kappa shape index (κ3) is 6.13. The van der Waals surface area contributed by atoms with Gasteiger partial charge in [-0.05, 0) is 39.8 Å². The summed E-state index contributed by atoms with van der Waals surface area (Å²) in [7, 11) is -4.20. The average Bonchev–Trinajstić information content (AvgIpc) is 3.36. The number of para-hydroxylation sites is 1. The van der Waals surface area contributed by atoms with Gasteiger partial charge in [-0.2, -0.15) is 15.1 Å². The first-order chi connectivity index (χ1) is 18.3. The fraction of sp³-hybridized carbons (Fsp3) is 0.478. The SMILES string of the molecule is CC(C)OC(=O)[C@@H](C)NP(=O)(OC[C@H]1O[C@@H](n2cnc3c(N)nc(N)nc32)[C@](C)(N)[C@@H]1O)Oc1ccccc1. The molecule has 1 saturated heterocycles. The number of esters is 1. The Labute approximate surface area is 224 Å². The number of hydrogen-bond acceptors (Lipinski definition) is 13. The highest BCUT2D eigenvalue weighted by atomic mass is 31.2. The number of benzene rings is 1. The van der Waals surface area contributed by atoms with Gasteiger partial charge in [0.05, 0.1) is 24.6 Å².